The molecule has 2 aromatic rings. The molecule has 0 heterocycles. The van der Waals surface area contributed by atoms with Gasteiger partial charge in [-0.1, -0.05) is 24.1 Å². The van der Waals surface area contributed by atoms with Gasteiger partial charge in [0.1, 0.15) is 24.7 Å². The predicted octanol–water partition coefficient (Wildman–Crippen LogP) is 3.42. The number of hydrogen-bond acceptors (Lipinski definition) is 4. The third kappa shape index (κ3) is 4.25. The van der Waals surface area contributed by atoms with Gasteiger partial charge in [0.25, 0.3) is 5.69 Å². The second-order valence-electron chi connectivity index (χ2n) is 4.32. The fraction of sp³-hybridized carbons (Fsp3) is 0.176. The average Bonchev–Trinajstić information content (AvgIpc) is 2.54. The van der Waals surface area contributed by atoms with Crippen LogP contribution in [-0.4, -0.2) is 18.1 Å². The lowest BCUT2D eigenvalue weighted by Gasteiger charge is -2.09. The largest absolute Gasteiger partial charge is 0.490 e. The summed E-state index contributed by atoms with van der Waals surface area (Å²) in [6.07, 6.45) is 0. The number of non-ortho nitro benzene ring substituents is 1. The monoisotopic (exact) mass is 297 g/mol. The van der Waals surface area contributed by atoms with Gasteiger partial charge < -0.3 is 9.47 Å². The average molecular weight is 297 g/mol. The van der Waals surface area contributed by atoms with E-state index >= 15 is 0 Å². The van der Waals surface area contributed by atoms with Gasteiger partial charge in [0, 0.05) is 6.07 Å². The Labute approximate surface area is 128 Å². The van der Waals surface area contributed by atoms with Crippen molar-refractivity contribution in [3.63, 3.8) is 0 Å². The molecule has 2 rings (SSSR count). The summed E-state index contributed by atoms with van der Waals surface area (Å²) in [5, 5.41) is 10.8. The van der Waals surface area contributed by atoms with Crippen LogP contribution in [0.3, 0.4) is 0 Å². The van der Waals surface area contributed by atoms with E-state index in [0.29, 0.717) is 17.9 Å². The summed E-state index contributed by atoms with van der Waals surface area (Å²) < 4.78 is 11.1. The molecule has 0 N–H and O–H groups in total. The molecule has 0 fully saturated rings. The lowest BCUT2D eigenvalue weighted by molar-refractivity contribution is -0.384. The Kier molecular flexibility index (Phi) is 5.38. The van der Waals surface area contributed by atoms with Gasteiger partial charge in [0.2, 0.25) is 0 Å². The summed E-state index contributed by atoms with van der Waals surface area (Å²) in [6.45, 7) is 2.31. The van der Waals surface area contributed by atoms with Gasteiger partial charge in [-0.05, 0) is 25.1 Å². The number of rotatable bonds is 6. The van der Waals surface area contributed by atoms with Crippen molar-refractivity contribution in [3.8, 4) is 23.3 Å². The molecule has 0 unspecified atom stereocenters. The molecule has 0 spiro atoms. The van der Waals surface area contributed by atoms with Gasteiger partial charge in [-0.25, -0.2) is 0 Å². The first-order valence-corrected chi connectivity index (χ1v) is 6.72. The van der Waals surface area contributed by atoms with Gasteiger partial charge in [0.05, 0.1) is 16.6 Å². The van der Waals surface area contributed by atoms with E-state index in [9.17, 15) is 10.1 Å². The normalized spacial score (nSPS) is 9.50. The Morgan fingerprint density at radius 2 is 1.82 bits per heavy atom. The van der Waals surface area contributed by atoms with Crippen molar-refractivity contribution >= 4 is 5.69 Å². The maximum absolute atomic E-state index is 10.8. The molecule has 112 valence electrons. The minimum absolute atomic E-state index is 0.0272. The number of hydrogen-bond donors (Lipinski definition) is 0. The van der Waals surface area contributed by atoms with Crippen molar-refractivity contribution in [3.05, 3.63) is 64.2 Å². The Balaban J connectivity index is 1.99. The van der Waals surface area contributed by atoms with E-state index in [2.05, 4.69) is 11.8 Å². The Bertz CT molecular complexity index is 702. The summed E-state index contributed by atoms with van der Waals surface area (Å²) in [4.78, 5) is 10.4. The van der Waals surface area contributed by atoms with E-state index in [1.54, 1.807) is 13.0 Å². The highest BCUT2D eigenvalue weighted by Gasteiger charge is 2.10. The fourth-order valence-corrected chi connectivity index (χ4v) is 1.81. The van der Waals surface area contributed by atoms with E-state index in [-0.39, 0.29) is 12.3 Å². The molecule has 2 aromatic carbocycles. The highest BCUT2D eigenvalue weighted by molar-refractivity contribution is 5.51. The standard InChI is InChI=1S/C17H15NO4/c1-2-6-14-9-10-15(18(19)20)13-17(14)22-12-11-21-16-7-4-3-5-8-16/h3-5,7-10,13H,11-12H2,1H3. The minimum Gasteiger partial charge on any atom is -0.490 e. The lowest BCUT2D eigenvalue weighted by atomic mass is 10.2. The van der Waals surface area contributed by atoms with Crippen molar-refractivity contribution in [2.45, 2.75) is 6.92 Å². The minimum atomic E-state index is -0.462. The molecule has 0 amide bonds. The summed E-state index contributed by atoms with van der Waals surface area (Å²) in [5.74, 6) is 6.76. The Morgan fingerprint density at radius 3 is 2.50 bits per heavy atom. The molecule has 0 atom stereocenters. The van der Waals surface area contributed by atoms with Gasteiger partial charge in [-0.2, -0.15) is 0 Å². The van der Waals surface area contributed by atoms with E-state index in [1.165, 1.54) is 12.1 Å². The summed E-state index contributed by atoms with van der Waals surface area (Å²) >= 11 is 0. The zero-order chi connectivity index (χ0) is 15.8. The first kappa shape index (κ1) is 15.4. The second kappa shape index (κ2) is 7.70. The second-order valence-corrected chi connectivity index (χ2v) is 4.32. The number of para-hydroxylation sites is 1. The predicted molar refractivity (Wildman–Crippen MR) is 83.1 cm³/mol. The van der Waals surface area contributed by atoms with E-state index in [0.717, 1.165) is 5.75 Å². The highest BCUT2D eigenvalue weighted by atomic mass is 16.6. The van der Waals surface area contributed by atoms with E-state index in [4.69, 9.17) is 9.47 Å². The van der Waals surface area contributed by atoms with Gasteiger partial charge >= 0.3 is 0 Å². The van der Waals surface area contributed by atoms with Crippen molar-refractivity contribution in [2.75, 3.05) is 13.2 Å². The molecule has 0 saturated heterocycles. The number of benzene rings is 2. The van der Waals surface area contributed by atoms with Gasteiger partial charge in [-0.3, -0.25) is 10.1 Å². The maximum atomic E-state index is 10.8. The van der Waals surface area contributed by atoms with E-state index in [1.807, 2.05) is 30.3 Å². The molecule has 0 aliphatic heterocycles. The van der Waals surface area contributed by atoms with Crippen LogP contribution in [0.1, 0.15) is 12.5 Å². The zero-order valence-electron chi connectivity index (χ0n) is 12.1. The molecule has 5 nitrogen and oxygen atoms in total. The summed E-state index contributed by atoms with van der Waals surface area (Å²) in [6, 6.07) is 13.7. The van der Waals surface area contributed by atoms with Crippen LogP contribution in [0, 0.1) is 22.0 Å². The molecule has 22 heavy (non-hydrogen) atoms. The topological polar surface area (TPSA) is 61.6 Å². The number of nitro benzene ring substituents is 1. The van der Waals surface area contributed by atoms with Crippen LogP contribution in [0.15, 0.2) is 48.5 Å². The number of nitrogens with zero attached hydrogens (tertiary/aromatic N) is 1. The molecule has 0 bridgehead atoms. The zero-order valence-corrected chi connectivity index (χ0v) is 12.1. The number of ether oxygens (including phenoxy) is 2. The van der Waals surface area contributed by atoms with E-state index < -0.39 is 4.92 Å². The molecule has 0 aliphatic carbocycles. The van der Waals surface area contributed by atoms with Crippen LogP contribution in [0.5, 0.6) is 11.5 Å². The van der Waals surface area contributed by atoms with Crippen LogP contribution in [0.4, 0.5) is 5.69 Å². The number of nitro groups is 1. The highest BCUT2D eigenvalue weighted by Crippen LogP contribution is 2.24. The smallest absolute Gasteiger partial charge is 0.273 e. The summed E-state index contributed by atoms with van der Waals surface area (Å²) in [7, 11) is 0. The van der Waals surface area contributed by atoms with Crippen LogP contribution in [-0.2, 0) is 0 Å². The van der Waals surface area contributed by atoms with Crippen molar-refractivity contribution in [2.24, 2.45) is 0 Å². The van der Waals surface area contributed by atoms with Crippen molar-refractivity contribution in [1.82, 2.24) is 0 Å². The van der Waals surface area contributed by atoms with Crippen LogP contribution in [0.2, 0.25) is 0 Å². The van der Waals surface area contributed by atoms with Gasteiger partial charge in [0.15, 0.2) is 0 Å². The molecule has 0 aromatic heterocycles. The fourth-order valence-electron chi connectivity index (χ4n) is 1.81. The molecule has 0 saturated carbocycles. The quantitative estimate of drug-likeness (QED) is 0.355. The van der Waals surface area contributed by atoms with Gasteiger partial charge in [-0.15, -0.1) is 5.92 Å². The third-order valence-corrected chi connectivity index (χ3v) is 2.79. The Hall–Kier alpha value is -3.00. The van der Waals surface area contributed by atoms with Crippen LogP contribution < -0.4 is 9.47 Å². The Morgan fingerprint density at radius 1 is 1.09 bits per heavy atom. The van der Waals surface area contributed by atoms with Crippen molar-refractivity contribution < 1.29 is 14.4 Å². The molecular weight excluding hydrogens is 282 g/mol. The first-order chi connectivity index (χ1) is 10.7. The van der Waals surface area contributed by atoms with Crippen molar-refractivity contribution in [1.29, 1.82) is 0 Å². The molecule has 5 heteroatoms. The summed E-state index contributed by atoms with van der Waals surface area (Å²) in [5.41, 5.74) is 0.591. The maximum Gasteiger partial charge on any atom is 0.273 e. The lowest BCUT2D eigenvalue weighted by Crippen LogP contribution is -2.09. The molecule has 0 aliphatic rings. The SMILES string of the molecule is CC#Cc1ccc([N+](=O)[O-])cc1OCCOc1ccccc1. The molecular formula is C17H15NO4. The third-order valence-electron chi connectivity index (χ3n) is 2.79. The van der Waals surface area contributed by atoms with Crippen LogP contribution >= 0.6 is 0 Å². The van der Waals surface area contributed by atoms with Crippen LogP contribution in [0.25, 0.3) is 0 Å². The molecule has 0 radical (unpaired) electrons. The first-order valence-electron chi connectivity index (χ1n) is 6.72.